The van der Waals surface area contributed by atoms with Gasteiger partial charge in [0.15, 0.2) is 11.7 Å². The second-order valence-corrected chi connectivity index (χ2v) is 4.94. The van der Waals surface area contributed by atoms with Gasteiger partial charge in [-0.25, -0.2) is 10.1 Å². The maximum Gasteiger partial charge on any atom is 0.227 e. The van der Waals surface area contributed by atoms with Gasteiger partial charge in [-0.3, -0.25) is 10.1 Å². The van der Waals surface area contributed by atoms with Crippen molar-refractivity contribution in [3.05, 3.63) is 47.7 Å². The molecule has 7 nitrogen and oxygen atoms in total. The van der Waals surface area contributed by atoms with E-state index < -0.39 is 0 Å². The van der Waals surface area contributed by atoms with Crippen molar-refractivity contribution in [2.45, 2.75) is 12.8 Å². The minimum Gasteiger partial charge on any atom is -0.441 e. The highest BCUT2D eigenvalue weighted by Gasteiger charge is 2.10. The summed E-state index contributed by atoms with van der Waals surface area (Å²) in [6.07, 6.45) is 3.59. The van der Waals surface area contributed by atoms with E-state index in [2.05, 4.69) is 25.5 Å². The van der Waals surface area contributed by atoms with Crippen LogP contribution in [-0.4, -0.2) is 26.1 Å². The summed E-state index contributed by atoms with van der Waals surface area (Å²) in [4.78, 5) is 19.7. The largest absolute Gasteiger partial charge is 0.441 e. The van der Waals surface area contributed by atoms with Crippen LogP contribution in [0.15, 0.2) is 41.2 Å². The third kappa shape index (κ3) is 3.50. The fraction of sp³-hybridized carbons (Fsp3) is 0.143. The van der Waals surface area contributed by atoms with E-state index in [-0.39, 0.29) is 12.3 Å². The number of halogens is 1. The Kier molecular flexibility index (Phi) is 4.15. The number of carbonyl (C=O) groups excluding carboxylic acids is 1. The zero-order chi connectivity index (χ0) is 15.4. The highest BCUT2D eigenvalue weighted by molar-refractivity contribution is 6.30. The van der Waals surface area contributed by atoms with E-state index in [4.69, 9.17) is 16.0 Å². The van der Waals surface area contributed by atoms with E-state index >= 15 is 0 Å². The van der Waals surface area contributed by atoms with E-state index in [0.29, 0.717) is 29.0 Å². The van der Waals surface area contributed by atoms with E-state index in [0.717, 1.165) is 5.56 Å². The molecular formula is C14H12ClN5O2. The Labute approximate surface area is 130 Å². The number of nitrogens with zero attached hydrogens (tertiary/aromatic N) is 3. The maximum absolute atomic E-state index is 11.7. The first-order valence-electron chi connectivity index (χ1n) is 6.56. The molecule has 0 aliphatic rings. The van der Waals surface area contributed by atoms with Crippen molar-refractivity contribution >= 4 is 23.5 Å². The van der Waals surface area contributed by atoms with Gasteiger partial charge < -0.3 is 4.42 Å². The summed E-state index contributed by atoms with van der Waals surface area (Å²) in [5.74, 6) is 1.27. The zero-order valence-corrected chi connectivity index (χ0v) is 12.2. The van der Waals surface area contributed by atoms with Crippen LogP contribution < -0.4 is 5.32 Å². The predicted molar refractivity (Wildman–Crippen MR) is 80.3 cm³/mol. The van der Waals surface area contributed by atoms with Crippen LogP contribution >= 0.6 is 11.6 Å². The second-order valence-electron chi connectivity index (χ2n) is 4.51. The van der Waals surface area contributed by atoms with Crippen LogP contribution in [0.3, 0.4) is 0 Å². The van der Waals surface area contributed by atoms with Crippen LogP contribution in [0, 0.1) is 0 Å². The molecular weight excluding hydrogens is 306 g/mol. The van der Waals surface area contributed by atoms with Crippen LogP contribution in [0.2, 0.25) is 5.02 Å². The summed E-state index contributed by atoms with van der Waals surface area (Å²) in [7, 11) is 0. The lowest BCUT2D eigenvalue weighted by Gasteiger charge is -1.99. The number of hydrogen-bond acceptors (Lipinski definition) is 5. The minimum atomic E-state index is -0.192. The number of benzene rings is 1. The lowest BCUT2D eigenvalue weighted by molar-refractivity contribution is -0.116. The molecule has 1 aromatic carbocycles. The first-order valence-corrected chi connectivity index (χ1v) is 6.94. The average Bonchev–Trinajstić information content (AvgIpc) is 3.17. The molecule has 2 N–H and O–H groups in total. The number of aromatic nitrogens is 4. The van der Waals surface area contributed by atoms with E-state index in [1.807, 2.05) is 12.1 Å². The monoisotopic (exact) mass is 317 g/mol. The van der Waals surface area contributed by atoms with E-state index in [9.17, 15) is 4.79 Å². The molecule has 22 heavy (non-hydrogen) atoms. The quantitative estimate of drug-likeness (QED) is 0.754. The maximum atomic E-state index is 11.7. The smallest absolute Gasteiger partial charge is 0.227 e. The lowest BCUT2D eigenvalue weighted by Crippen LogP contribution is -2.13. The Bertz CT molecular complexity index is 752. The number of nitrogens with one attached hydrogen (secondary N) is 2. The Morgan fingerprint density at radius 3 is 2.82 bits per heavy atom. The molecule has 8 heteroatoms. The highest BCUT2D eigenvalue weighted by atomic mass is 35.5. The SMILES string of the molecule is O=C(CCc1ncc(-c2ccc(Cl)cc2)o1)Nc1ncn[nH]1. The normalized spacial score (nSPS) is 10.6. The molecule has 2 aromatic heterocycles. The van der Waals surface area contributed by atoms with Crippen molar-refractivity contribution in [2.24, 2.45) is 0 Å². The molecule has 0 radical (unpaired) electrons. The topological polar surface area (TPSA) is 96.7 Å². The third-order valence-electron chi connectivity index (χ3n) is 2.92. The Balaban J connectivity index is 1.57. The number of hydrogen-bond donors (Lipinski definition) is 2. The van der Waals surface area contributed by atoms with Gasteiger partial charge in [0, 0.05) is 23.4 Å². The van der Waals surface area contributed by atoms with Gasteiger partial charge >= 0.3 is 0 Å². The summed E-state index contributed by atoms with van der Waals surface area (Å²) in [5, 5.41) is 9.44. The standard InChI is InChI=1S/C14H12ClN5O2/c15-10-3-1-9(2-4-10)11-7-16-13(22-11)6-5-12(21)19-14-17-8-18-20-14/h1-4,7-8H,5-6H2,(H2,17,18,19,20,21). The summed E-state index contributed by atoms with van der Waals surface area (Å²) in [5.41, 5.74) is 0.884. The van der Waals surface area contributed by atoms with E-state index in [1.165, 1.54) is 6.33 Å². The number of aryl methyl sites for hydroxylation is 1. The van der Waals surface area contributed by atoms with Gasteiger partial charge in [-0.15, -0.1) is 0 Å². The first-order chi connectivity index (χ1) is 10.7. The molecule has 2 heterocycles. The number of oxazole rings is 1. The lowest BCUT2D eigenvalue weighted by atomic mass is 10.2. The van der Waals surface area contributed by atoms with Gasteiger partial charge in [0.25, 0.3) is 0 Å². The average molecular weight is 318 g/mol. The fourth-order valence-electron chi connectivity index (χ4n) is 1.85. The van der Waals surface area contributed by atoms with Crippen molar-refractivity contribution in [2.75, 3.05) is 5.32 Å². The molecule has 0 aliphatic heterocycles. The number of carbonyl (C=O) groups is 1. The molecule has 3 aromatic rings. The van der Waals surface area contributed by atoms with Crippen molar-refractivity contribution in [1.82, 2.24) is 20.2 Å². The molecule has 0 bridgehead atoms. The summed E-state index contributed by atoms with van der Waals surface area (Å²) in [6, 6.07) is 7.26. The zero-order valence-electron chi connectivity index (χ0n) is 11.4. The van der Waals surface area contributed by atoms with Crippen LogP contribution in [-0.2, 0) is 11.2 Å². The highest BCUT2D eigenvalue weighted by Crippen LogP contribution is 2.22. The molecule has 3 rings (SSSR count). The van der Waals surface area contributed by atoms with Crippen molar-refractivity contribution in [3.8, 4) is 11.3 Å². The summed E-state index contributed by atoms with van der Waals surface area (Å²) < 4.78 is 5.63. The van der Waals surface area contributed by atoms with Crippen molar-refractivity contribution in [3.63, 3.8) is 0 Å². The predicted octanol–water partition coefficient (Wildman–Crippen LogP) is 2.68. The molecule has 1 amide bonds. The van der Waals surface area contributed by atoms with Gasteiger partial charge in [0.05, 0.1) is 6.20 Å². The number of aromatic amines is 1. The fourth-order valence-corrected chi connectivity index (χ4v) is 1.98. The van der Waals surface area contributed by atoms with Gasteiger partial charge in [-0.2, -0.15) is 10.1 Å². The third-order valence-corrected chi connectivity index (χ3v) is 3.17. The van der Waals surface area contributed by atoms with Crippen molar-refractivity contribution in [1.29, 1.82) is 0 Å². The van der Waals surface area contributed by atoms with Crippen LogP contribution in [0.1, 0.15) is 12.3 Å². The Hall–Kier alpha value is -2.67. The summed E-state index contributed by atoms with van der Waals surface area (Å²) in [6.45, 7) is 0. The van der Waals surface area contributed by atoms with Crippen molar-refractivity contribution < 1.29 is 9.21 Å². The van der Waals surface area contributed by atoms with Gasteiger partial charge in [0.2, 0.25) is 11.9 Å². The Morgan fingerprint density at radius 1 is 1.27 bits per heavy atom. The first kappa shape index (κ1) is 14.3. The van der Waals surface area contributed by atoms with Crippen LogP contribution in [0.5, 0.6) is 0 Å². The van der Waals surface area contributed by atoms with Crippen LogP contribution in [0.4, 0.5) is 5.95 Å². The number of rotatable bonds is 5. The molecule has 0 spiro atoms. The van der Waals surface area contributed by atoms with Gasteiger partial charge in [-0.05, 0) is 24.3 Å². The minimum absolute atomic E-state index is 0.192. The number of anilines is 1. The molecule has 0 unspecified atom stereocenters. The summed E-state index contributed by atoms with van der Waals surface area (Å²) >= 11 is 5.84. The molecule has 0 saturated heterocycles. The van der Waals surface area contributed by atoms with Gasteiger partial charge in [-0.1, -0.05) is 11.6 Å². The molecule has 0 atom stereocenters. The Morgan fingerprint density at radius 2 is 2.09 bits per heavy atom. The van der Waals surface area contributed by atoms with Crippen LogP contribution in [0.25, 0.3) is 11.3 Å². The number of amides is 1. The molecule has 0 aliphatic carbocycles. The molecule has 0 saturated carbocycles. The molecule has 112 valence electrons. The second kappa shape index (κ2) is 6.40. The van der Waals surface area contributed by atoms with Gasteiger partial charge in [0.1, 0.15) is 6.33 Å². The van der Waals surface area contributed by atoms with E-state index in [1.54, 1.807) is 18.3 Å². The number of H-pyrrole nitrogens is 1. The molecule has 0 fully saturated rings.